The summed E-state index contributed by atoms with van der Waals surface area (Å²) in [5.41, 5.74) is 11.5. The van der Waals surface area contributed by atoms with Crippen molar-refractivity contribution in [1.29, 1.82) is 0 Å². The van der Waals surface area contributed by atoms with Gasteiger partial charge < -0.3 is 5.73 Å². The Balaban J connectivity index is 1.60. The fourth-order valence-corrected chi connectivity index (χ4v) is 4.69. The third kappa shape index (κ3) is 3.16. The minimum Gasteiger partial charge on any atom is -0.384 e. The number of para-hydroxylation sites is 1. The number of nitrogens with one attached hydrogen (secondary N) is 1. The molecule has 1 saturated carbocycles. The molecule has 2 aromatic carbocycles. The number of rotatable bonds is 4. The van der Waals surface area contributed by atoms with Gasteiger partial charge >= 0.3 is 0 Å². The summed E-state index contributed by atoms with van der Waals surface area (Å²) in [4.78, 5) is 18.0. The van der Waals surface area contributed by atoms with Gasteiger partial charge in [0.05, 0.1) is 11.2 Å². The van der Waals surface area contributed by atoms with Gasteiger partial charge in [0.1, 0.15) is 34.8 Å². The highest BCUT2D eigenvalue weighted by Gasteiger charge is 2.32. The lowest BCUT2D eigenvalue weighted by Gasteiger charge is -2.13. The topological polar surface area (TPSA) is 111 Å². The summed E-state index contributed by atoms with van der Waals surface area (Å²) in [5, 5.41) is 7.77. The smallest absolute Gasteiger partial charge is 0.157 e. The molecule has 1 aliphatic rings. The lowest BCUT2D eigenvalue weighted by Crippen LogP contribution is -2.02. The zero-order valence-corrected chi connectivity index (χ0v) is 18.5. The predicted molar refractivity (Wildman–Crippen MR) is 131 cm³/mol. The summed E-state index contributed by atoms with van der Waals surface area (Å²) in [6.07, 6.45) is 6.94. The maximum absolute atomic E-state index is 14.6. The van der Waals surface area contributed by atoms with Gasteiger partial charge in [-0.3, -0.25) is 14.6 Å². The van der Waals surface area contributed by atoms with Gasteiger partial charge in [-0.15, -0.1) is 0 Å². The van der Waals surface area contributed by atoms with Crippen LogP contribution >= 0.6 is 0 Å². The summed E-state index contributed by atoms with van der Waals surface area (Å²) in [7, 11) is 0. The Morgan fingerprint density at radius 1 is 0.943 bits per heavy atom. The predicted octanol–water partition coefficient (Wildman–Crippen LogP) is 5.02. The average Bonchev–Trinajstić information content (AvgIpc) is 3.43. The van der Waals surface area contributed by atoms with Crippen molar-refractivity contribution in [3.8, 4) is 28.2 Å². The van der Waals surface area contributed by atoms with E-state index in [-0.39, 0.29) is 5.82 Å². The molecular weight excluding hydrogens is 443 g/mol. The molecule has 0 saturated heterocycles. The molecule has 8 nitrogen and oxygen atoms in total. The van der Waals surface area contributed by atoms with Crippen molar-refractivity contribution in [2.75, 3.05) is 5.73 Å². The molecule has 1 fully saturated rings. The van der Waals surface area contributed by atoms with E-state index in [4.69, 9.17) is 10.7 Å². The van der Waals surface area contributed by atoms with Gasteiger partial charge in [0, 0.05) is 29.3 Å². The number of H-pyrrole nitrogens is 1. The molecule has 6 aromatic rings. The Morgan fingerprint density at radius 3 is 2.63 bits per heavy atom. The Labute approximate surface area is 198 Å². The third-order valence-corrected chi connectivity index (χ3v) is 6.45. The van der Waals surface area contributed by atoms with Crippen LogP contribution in [0.15, 0.2) is 67.3 Å². The van der Waals surface area contributed by atoms with E-state index in [1.54, 1.807) is 18.5 Å². The highest BCUT2D eigenvalue weighted by Crippen LogP contribution is 2.44. The minimum absolute atomic E-state index is 0.335. The van der Waals surface area contributed by atoms with Crippen LogP contribution in [-0.2, 0) is 0 Å². The van der Waals surface area contributed by atoms with Crippen molar-refractivity contribution in [2.24, 2.45) is 0 Å². The highest BCUT2D eigenvalue weighted by atomic mass is 19.1. The zero-order valence-electron chi connectivity index (χ0n) is 18.5. The maximum atomic E-state index is 14.6. The monoisotopic (exact) mass is 462 g/mol. The lowest BCUT2D eigenvalue weighted by molar-refractivity contribution is 0.636. The van der Waals surface area contributed by atoms with Gasteiger partial charge in [-0.2, -0.15) is 5.10 Å². The number of anilines is 1. The standard InChI is InChI=1S/C26H19FN8/c27-19-3-1-2-17-20(7-9-30-23(17)19)35-21-11-16(15-6-8-29-22(28)12-15)10-18(25-31-13-32-34-25)24(21)33-26(35)14-4-5-14/h1-3,6-14H,4-5H2,(H2,28,29)(H,31,32,34). The first-order valence-corrected chi connectivity index (χ1v) is 11.3. The van der Waals surface area contributed by atoms with Gasteiger partial charge in [0.2, 0.25) is 0 Å². The quantitative estimate of drug-likeness (QED) is 0.381. The van der Waals surface area contributed by atoms with Gasteiger partial charge in [-0.1, -0.05) is 12.1 Å². The van der Waals surface area contributed by atoms with Crippen molar-refractivity contribution >= 4 is 27.8 Å². The van der Waals surface area contributed by atoms with Crippen molar-refractivity contribution in [2.45, 2.75) is 18.8 Å². The number of aromatic nitrogens is 7. The van der Waals surface area contributed by atoms with Crippen molar-refractivity contribution < 1.29 is 4.39 Å². The molecule has 3 N–H and O–H groups in total. The Bertz CT molecular complexity index is 1730. The lowest BCUT2D eigenvalue weighted by atomic mass is 10.0. The van der Waals surface area contributed by atoms with E-state index < -0.39 is 0 Å². The number of pyridine rings is 2. The molecule has 0 unspecified atom stereocenters. The average molecular weight is 462 g/mol. The Morgan fingerprint density at radius 2 is 1.83 bits per heavy atom. The number of nitrogen functional groups attached to an aromatic ring is 1. The number of imidazole rings is 1. The van der Waals surface area contributed by atoms with Crippen molar-refractivity contribution in [1.82, 2.24) is 34.7 Å². The first-order valence-electron chi connectivity index (χ1n) is 11.3. The second-order valence-corrected chi connectivity index (χ2v) is 8.74. The van der Waals surface area contributed by atoms with Crippen LogP contribution in [0.4, 0.5) is 10.2 Å². The van der Waals surface area contributed by atoms with E-state index in [1.165, 1.54) is 12.4 Å². The molecule has 35 heavy (non-hydrogen) atoms. The van der Waals surface area contributed by atoms with Crippen molar-refractivity contribution in [3.63, 3.8) is 0 Å². The summed E-state index contributed by atoms with van der Waals surface area (Å²) in [6.45, 7) is 0. The molecule has 0 atom stereocenters. The highest BCUT2D eigenvalue weighted by molar-refractivity contribution is 5.98. The van der Waals surface area contributed by atoms with Gasteiger partial charge in [-0.25, -0.2) is 19.3 Å². The number of halogens is 1. The molecule has 4 heterocycles. The van der Waals surface area contributed by atoms with Crippen LogP contribution < -0.4 is 5.73 Å². The third-order valence-electron chi connectivity index (χ3n) is 6.45. The van der Waals surface area contributed by atoms with Crippen LogP contribution in [0.3, 0.4) is 0 Å². The molecule has 0 aliphatic heterocycles. The second-order valence-electron chi connectivity index (χ2n) is 8.74. The van der Waals surface area contributed by atoms with Crippen LogP contribution in [0.1, 0.15) is 24.6 Å². The number of nitrogens with zero attached hydrogens (tertiary/aromatic N) is 6. The van der Waals surface area contributed by atoms with Crippen molar-refractivity contribution in [3.05, 3.63) is 78.9 Å². The first kappa shape index (κ1) is 19.8. The molecule has 0 bridgehead atoms. The molecule has 1 aliphatic carbocycles. The fraction of sp³-hybridized carbons (Fsp3) is 0.115. The summed E-state index contributed by atoms with van der Waals surface area (Å²) < 4.78 is 16.8. The summed E-state index contributed by atoms with van der Waals surface area (Å²) >= 11 is 0. The number of fused-ring (bicyclic) bond motifs is 2. The molecule has 0 spiro atoms. The van der Waals surface area contributed by atoms with Crippen LogP contribution in [0.5, 0.6) is 0 Å². The SMILES string of the molecule is Nc1cc(-c2cc(-c3ncn[nH]3)c3nc(C4CC4)n(-c4ccnc5c(F)cccc45)c3c2)ccn1. The molecule has 4 aromatic heterocycles. The Kier molecular flexibility index (Phi) is 4.19. The largest absolute Gasteiger partial charge is 0.384 e. The van der Waals surface area contributed by atoms with Gasteiger partial charge in [0.15, 0.2) is 5.82 Å². The first-order chi connectivity index (χ1) is 17.2. The van der Waals surface area contributed by atoms with Gasteiger partial charge in [-0.05, 0) is 60.4 Å². The van der Waals surface area contributed by atoms with E-state index in [0.717, 1.165) is 57.5 Å². The molecule has 170 valence electrons. The Hall–Kier alpha value is -4.66. The molecular formula is C26H19FN8. The number of hydrogen-bond acceptors (Lipinski definition) is 6. The van der Waals surface area contributed by atoms with E-state index >= 15 is 0 Å². The number of hydrogen-bond donors (Lipinski definition) is 2. The number of nitrogens with two attached hydrogens (primary N) is 1. The van der Waals surface area contributed by atoms with Crippen LogP contribution in [0, 0.1) is 5.82 Å². The van der Waals surface area contributed by atoms with Crippen LogP contribution in [0.25, 0.3) is 50.1 Å². The zero-order chi connectivity index (χ0) is 23.5. The molecule has 7 rings (SSSR count). The van der Waals surface area contributed by atoms with Crippen LogP contribution in [0.2, 0.25) is 0 Å². The fourth-order valence-electron chi connectivity index (χ4n) is 4.69. The van der Waals surface area contributed by atoms with E-state index in [0.29, 0.717) is 23.1 Å². The number of benzene rings is 2. The normalized spacial score (nSPS) is 13.6. The molecule has 0 amide bonds. The molecule has 9 heteroatoms. The minimum atomic E-state index is -0.350. The van der Waals surface area contributed by atoms with Gasteiger partial charge in [0.25, 0.3) is 0 Å². The summed E-state index contributed by atoms with van der Waals surface area (Å²) in [5.74, 6) is 1.99. The number of aromatic amines is 1. The second kappa shape index (κ2) is 7.42. The molecule has 0 radical (unpaired) electrons. The maximum Gasteiger partial charge on any atom is 0.157 e. The van der Waals surface area contributed by atoms with E-state index in [9.17, 15) is 4.39 Å². The van der Waals surface area contributed by atoms with E-state index in [2.05, 4.69) is 35.8 Å². The summed E-state index contributed by atoms with van der Waals surface area (Å²) in [6, 6.07) is 14.8. The van der Waals surface area contributed by atoms with E-state index in [1.807, 2.05) is 30.3 Å². The van der Waals surface area contributed by atoms with Crippen LogP contribution in [-0.4, -0.2) is 34.7 Å².